The van der Waals surface area contributed by atoms with E-state index in [2.05, 4.69) is 29.8 Å². The van der Waals surface area contributed by atoms with Gasteiger partial charge in [-0.2, -0.15) is 0 Å². The first-order valence-corrected chi connectivity index (χ1v) is 11.3. The summed E-state index contributed by atoms with van der Waals surface area (Å²) in [4.78, 5) is 0.373. The van der Waals surface area contributed by atoms with Crippen LogP contribution in [0.15, 0.2) is 0 Å². The highest BCUT2D eigenvalue weighted by Gasteiger charge is 2.70. The maximum Gasteiger partial charge on any atom is 0.186 e. The van der Waals surface area contributed by atoms with Crippen molar-refractivity contribution in [3.63, 3.8) is 0 Å². The monoisotopic (exact) mass is 396 g/mol. The maximum atomic E-state index is 6.33. The van der Waals surface area contributed by atoms with Crippen LogP contribution in [-0.4, -0.2) is 23.8 Å². The van der Waals surface area contributed by atoms with Gasteiger partial charge < -0.3 is 9.47 Å². The molecule has 4 aliphatic carbocycles. The number of ether oxygens (including phenoxy) is 2. The quantitative estimate of drug-likeness (QED) is 0.500. The van der Waals surface area contributed by atoms with Crippen LogP contribution in [0.5, 0.6) is 0 Å². The average Bonchev–Trinajstić information content (AvgIpc) is 3.15. The number of alkyl halides is 1. The highest BCUT2D eigenvalue weighted by molar-refractivity contribution is 9.09. The van der Waals surface area contributed by atoms with Crippen LogP contribution in [0, 0.1) is 34.5 Å². The molecular formula is C21H33BrO2. The minimum absolute atomic E-state index is 0.205. The van der Waals surface area contributed by atoms with Gasteiger partial charge in [-0.3, -0.25) is 0 Å². The molecule has 1 aliphatic heterocycles. The van der Waals surface area contributed by atoms with Crippen molar-refractivity contribution in [2.75, 3.05) is 13.2 Å². The SMILES string of the molecule is C[C@]12CCCC[C@@H]1CC[C@H]1[C@H]3C[C@@H](Br)C4(OCCO4)[C@]3(C)CC[C@@H]12. The summed E-state index contributed by atoms with van der Waals surface area (Å²) in [6, 6.07) is 0. The van der Waals surface area contributed by atoms with Gasteiger partial charge >= 0.3 is 0 Å². The second-order valence-corrected chi connectivity index (χ2v) is 11.0. The number of hydrogen-bond donors (Lipinski definition) is 0. The summed E-state index contributed by atoms with van der Waals surface area (Å²) in [5.74, 6) is 3.29. The Kier molecular flexibility index (Phi) is 3.76. The number of rotatable bonds is 0. The zero-order chi connectivity index (χ0) is 16.6. The van der Waals surface area contributed by atoms with Gasteiger partial charge in [-0.05, 0) is 74.0 Å². The first kappa shape index (κ1) is 16.6. The van der Waals surface area contributed by atoms with Gasteiger partial charge in [0.2, 0.25) is 0 Å². The van der Waals surface area contributed by atoms with E-state index in [1.807, 2.05) is 0 Å². The molecule has 0 N–H and O–H groups in total. The third kappa shape index (κ3) is 1.90. The van der Waals surface area contributed by atoms with Gasteiger partial charge in [-0.25, -0.2) is 0 Å². The van der Waals surface area contributed by atoms with Gasteiger partial charge in [0, 0.05) is 5.41 Å². The molecule has 2 nitrogen and oxygen atoms in total. The van der Waals surface area contributed by atoms with Gasteiger partial charge in [0.25, 0.3) is 0 Å². The molecule has 136 valence electrons. The molecule has 5 rings (SSSR count). The highest BCUT2D eigenvalue weighted by atomic mass is 79.9. The molecule has 5 aliphatic rings. The van der Waals surface area contributed by atoms with Crippen molar-refractivity contribution in [1.29, 1.82) is 0 Å². The van der Waals surface area contributed by atoms with E-state index in [0.29, 0.717) is 10.2 Å². The van der Waals surface area contributed by atoms with Crippen LogP contribution in [0.1, 0.15) is 71.6 Å². The van der Waals surface area contributed by atoms with Crippen LogP contribution in [0.25, 0.3) is 0 Å². The summed E-state index contributed by atoms with van der Waals surface area (Å²) in [7, 11) is 0. The van der Waals surface area contributed by atoms with Crippen molar-refractivity contribution in [1.82, 2.24) is 0 Å². The van der Waals surface area contributed by atoms with Crippen molar-refractivity contribution >= 4 is 15.9 Å². The van der Waals surface area contributed by atoms with E-state index in [1.165, 1.54) is 57.8 Å². The molecule has 0 aromatic rings. The van der Waals surface area contributed by atoms with Crippen molar-refractivity contribution in [3.8, 4) is 0 Å². The molecule has 1 spiro atoms. The molecule has 24 heavy (non-hydrogen) atoms. The molecule has 0 aromatic carbocycles. The molecular weight excluding hydrogens is 364 g/mol. The standard InChI is InChI=1S/C21H33BrO2/c1-19-9-4-3-5-14(19)6-7-15-16(19)8-10-20(2)17(15)13-18(22)21(20)23-11-12-24-21/h14-18H,3-13H2,1-2H3/t14-,15-,16+,17-,18-,19+,20-/m1/s1. The van der Waals surface area contributed by atoms with E-state index >= 15 is 0 Å². The first-order valence-electron chi connectivity index (χ1n) is 10.4. The molecule has 1 heterocycles. The number of fused-ring (bicyclic) bond motifs is 6. The summed E-state index contributed by atoms with van der Waals surface area (Å²) in [6.07, 6.45) is 12.8. The Hall–Kier alpha value is 0.400. The second kappa shape index (κ2) is 5.45. The Morgan fingerprint density at radius 3 is 2.46 bits per heavy atom. The first-order chi connectivity index (χ1) is 11.5. The van der Waals surface area contributed by atoms with Crippen molar-refractivity contribution in [2.45, 2.75) is 82.2 Å². The molecule has 0 unspecified atom stereocenters. The predicted molar refractivity (Wildman–Crippen MR) is 99.1 cm³/mol. The van der Waals surface area contributed by atoms with E-state index in [4.69, 9.17) is 9.47 Å². The molecule has 0 radical (unpaired) electrons. The summed E-state index contributed by atoms with van der Waals surface area (Å²) in [5.41, 5.74) is 0.828. The zero-order valence-electron chi connectivity index (χ0n) is 15.4. The third-order valence-corrected chi connectivity index (χ3v) is 10.3. The van der Waals surface area contributed by atoms with Crippen molar-refractivity contribution in [2.24, 2.45) is 34.5 Å². The van der Waals surface area contributed by atoms with Crippen molar-refractivity contribution in [3.05, 3.63) is 0 Å². The normalized spacial score (nSPS) is 55.9. The lowest BCUT2D eigenvalue weighted by molar-refractivity contribution is -0.244. The van der Waals surface area contributed by atoms with Crippen LogP contribution in [0.3, 0.4) is 0 Å². The van der Waals surface area contributed by atoms with Crippen LogP contribution in [0.4, 0.5) is 0 Å². The minimum atomic E-state index is -0.340. The van der Waals surface area contributed by atoms with E-state index in [-0.39, 0.29) is 11.2 Å². The molecule has 3 heteroatoms. The van der Waals surface area contributed by atoms with Gasteiger partial charge in [-0.15, -0.1) is 0 Å². The maximum absolute atomic E-state index is 6.33. The van der Waals surface area contributed by atoms with E-state index < -0.39 is 0 Å². The molecule has 5 fully saturated rings. The van der Waals surface area contributed by atoms with E-state index in [0.717, 1.165) is 36.9 Å². The topological polar surface area (TPSA) is 18.5 Å². The Labute approximate surface area is 155 Å². The molecule has 1 saturated heterocycles. The Morgan fingerprint density at radius 2 is 1.67 bits per heavy atom. The highest BCUT2D eigenvalue weighted by Crippen LogP contribution is 2.70. The number of hydrogen-bond acceptors (Lipinski definition) is 2. The number of halogens is 1. The summed E-state index contributed by atoms with van der Waals surface area (Å²) < 4.78 is 12.7. The molecule has 0 bridgehead atoms. The zero-order valence-corrected chi connectivity index (χ0v) is 16.9. The largest absolute Gasteiger partial charge is 0.346 e. The van der Waals surface area contributed by atoms with Crippen LogP contribution < -0.4 is 0 Å². The molecule has 0 aromatic heterocycles. The lowest BCUT2D eigenvalue weighted by atomic mass is 9.45. The van der Waals surface area contributed by atoms with Gasteiger partial charge in [-0.1, -0.05) is 42.6 Å². The lowest BCUT2D eigenvalue weighted by Crippen LogP contribution is -2.57. The lowest BCUT2D eigenvalue weighted by Gasteiger charge is -2.61. The molecule has 7 atom stereocenters. The van der Waals surface area contributed by atoms with E-state index in [1.54, 1.807) is 0 Å². The van der Waals surface area contributed by atoms with Crippen molar-refractivity contribution < 1.29 is 9.47 Å². The summed E-state index contributed by atoms with van der Waals surface area (Å²) in [5, 5.41) is 0. The average molecular weight is 397 g/mol. The fourth-order valence-corrected chi connectivity index (χ4v) is 9.35. The summed E-state index contributed by atoms with van der Waals surface area (Å²) >= 11 is 4.00. The summed E-state index contributed by atoms with van der Waals surface area (Å²) in [6.45, 7) is 6.71. The predicted octanol–water partition coefficient (Wildman–Crippen LogP) is 5.54. The van der Waals surface area contributed by atoms with Gasteiger partial charge in [0.1, 0.15) is 0 Å². The van der Waals surface area contributed by atoms with Crippen LogP contribution in [-0.2, 0) is 9.47 Å². The Balaban J connectivity index is 1.49. The Morgan fingerprint density at radius 1 is 0.875 bits per heavy atom. The smallest absolute Gasteiger partial charge is 0.186 e. The van der Waals surface area contributed by atoms with Gasteiger partial charge in [0.15, 0.2) is 5.79 Å². The van der Waals surface area contributed by atoms with E-state index in [9.17, 15) is 0 Å². The fraction of sp³-hybridized carbons (Fsp3) is 1.00. The fourth-order valence-electron chi connectivity index (χ4n) is 8.16. The van der Waals surface area contributed by atoms with Crippen LogP contribution in [0.2, 0.25) is 0 Å². The van der Waals surface area contributed by atoms with Crippen LogP contribution >= 0.6 is 15.9 Å². The molecule has 4 saturated carbocycles. The second-order valence-electron chi connectivity index (χ2n) is 9.93. The molecule has 0 amide bonds. The minimum Gasteiger partial charge on any atom is -0.346 e. The third-order valence-electron chi connectivity index (χ3n) is 9.36. The Bertz CT molecular complexity index is 516. The van der Waals surface area contributed by atoms with Gasteiger partial charge in [0.05, 0.1) is 18.0 Å².